The molecule has 3 N–H and O–H groups in total. The van der Waals surface area contributed by atoms with Crippen LogP contribution in [-0.4, -0.2) is 48.3 Å². The molecule has 5 nitrogen and oxygen atoms in total. The highest BCUT2D eigenvalue weighted by Crippen LogP contribution is 2.18. The lowest BCUT2D eigenvalue weighted by molar-refractivity contribution is 0.157. The van der Waals surface area contributed by atoms with Gasteiger partial charge < -0.3 is 15.7 Å². The molecule has 1 fully saturated rings. The number of nitrogens with zero attached hydrogens (tertiary/aromatic N) is 1. The molecule has 2 amide bonds. The van der Waals surface area contributed by atoms with Crippen molar-refractivity contribution in [2.45, 2.75) is 31.7 Å². The average molecular weight is 345 g/mol. The molecule has 24 heavy (non-hydrogen) atoms. The van der Waals surface area contributed by atoms with E-state index >= 15 is 0 Å². The molecule has 0 aromatic heterocycles. The molecule has 1 aromatic rings. The zero-order valence-electron chi connectivity index (χ0n) is 13.3. The summed E-state index contributed by atoms with van der Waals surface area (Å²) in [6, 6.07) is 0.553. The molecule has 134 valence electrons. The lowest BCUT2D eigenvalue weighted by Gasteiger charge is -2.22. The van der Waals surface area contributed by atoms with Crippen LogP contribution in [0.15, 0.2) is 12.1 Å². The van der Waals surface area contributed by atoms with Crippen molar-refractivity contribution in [2.75, 3.05) is 31.6 Å². The van der Waals surface area contributed by atoms with Gasteiger partial charge in [0.1, 0.15) is 5.82 Å². The molecule has 0 bridgehead atoms. The van der Waals surface area contributed by atoms with Gasteiger partial charge in [0.15, 0.2) is 11.6 Å². The van der Waals surface area contributed by atoms with E-state index in [2.05, 4.69) is 15.5 Å². The van der Waals surface area contributed by atoms with Gasteiger partial charge in [-0.2, -0.15) is 0 Å². The first kappa shape index (κ1) is 18.5. The molecule has 8 heteroatoms. The third kappa shape index (κ3) is 5.10. The Morgan fingerprint density at radius 2 is 1.96 bits per heavy atom. The maximum absolute atomic E-state index is 13.4. The number of unbranched alkanes of at least 4 members (excludes halogenated alkanes) is 1. The van der Waals surface area contributed by atoms with Crippen molar-refractivity contribution in [3.05, 3.63) is 29.6 Å². The second-order valence-electron chi connectivity index (χ2n) is 5.85. The van der Waals surface area contributed by atoms with Crippen LogP contribution in [-0.2, 0) is 0 Å². The molecular formula is C16H22F3N3O2. The number of aliphatic hydroxyl groups is 1. The molecule has 1 aromatic carbocycles. The monoisotopic (exact) mass is 345 g/mol. The van der Waals surface area contributed by atoms with Crippen LogP contribution < -0.4 is 10.6 Å². The Labute approximate surface area is 138 Å². The van der Waals surface area contributed by atoms with Gasteiger partial charge in [-0.15, -0.1) is 0 Å². The predicted octanol–water partition coefficient (Wildman–Crippen LogP) is 2.46. The fraction of sp³-hybridized carbons (Fsp3) is 0.562. The SMILES string of the molecule is O=C(NCCCCN1CCCC1CO)Nc1cc(F)c(F)cc1F. The van der Waals surface area contributed by atoms with E-state index < -0.39 is 29.2 Å². The predicted molar refractivity (Wildman–Crippen MR) is 84.3 cm³/mol. The van der Waals surface area contributed by atoms with E-state index in [4.69, 9.17) is 0 Å². The van der Waals surface area contributed by atoms with Crippen molar-refractivity contribution in [3.8, 4) is 0 Å². The highest BCUT2D eigenvalue weighted by Gasteiger charge is 2.22. The fourth-order valence-corrected chi connectivity index (χ4v) is 2.82. The summed E-state index contributed by atoms with van der Waals surface area (Å²) in [5.41, 5.74) is -0.408. The molecule has 1 aliphatic rings. The second kappa shape index (κ2) is 8.89. The van der Waals surface area contributed by atoms with Gasteiger partial charge in [-0.3, -0.25) is 4.90 Å². The zero-order valence-corrected chi connectivity index (χ0v) is 13.3. The highest BCUT2D eigenvalue weighted by molar-refractivity contribution is 5.89. The van der Waals surface area contributed by atoms with Crippen LogP contribution in [0, 0.1) is 17.5 Å². The molecule has 2 rings (SSSR count). The summed E-state index contributed by atoms with van der Waals surface area (Å²) in [6.45, 7) is 2.39. The van der Waals surface area contributed by atoms with Crippen LogP contribution in [0.4, 0.5) is 23.7 Å². The van der Waals surface area contributed by atoms with Gasteiger partial charge in [-0.25, -0.2) is 18.0 Å². The lowest BCUT2D eigenvalue weighted by atomic mass is 10.2. The van der Waals surface area contributed by atoms with Gasteiger partial charge in [0.05, 0.1) is 12.3 Å². The zero-order chi connectivity index (χ0) is 17.5. The van der Waals surface area contributed by atoms with E-state index in [1.54, 1.807) is 0 Å². The van der Waals surface area contributed by atoms with Crippen molar-refractivity contribution < 1.29 is 23.1 Å². The molecule has 0 saturated carbocycles. The number of carbonyl (C=O) groups excluding carboxylic acids is 1. The Bertz CT molecular complexity index is 572. The fourth-order valence-electron chi connectivity index (χ4n) is 2.82. The minimum Gasteiger partial charge on any atom is -0.395 e. The first-order chi connectivity index (χ1) is 11.5. The van der Waals surface area contributed by atoms with Gasteiger partial charge >= 0.3 is 6.03 Å². The Morgan fingerprint density at radius 1 is 1.21 bits per heavy atom. The van der Waals surface area contributed by atoms with Crippen molar-refractivity contribution in [3.63, 3.8) is 0 Å². The second-order valence-corrected chi connectivity index (χ2v) is 5.85. The molecule has 0 aliphatic carbocycles. The minimum absolute atomic E-state index is 0.167. The molecule has 1 aliphatic heterocycles. The Hall–Kier alpha value is -1.80. The number of nitrogens with one attached hydrogen (secondary N) is 2. The number of likely N-dealkylation sites (tertiary alicyclic amines) is 1. The number of carbonyl (C=O) groups is 1. The molecule has 1 atom stereocenters. The van der Waals surface area contributed by atoms with Gasteiger partial charge in [-0.1, -0.05) is 0 Å². The van der Waals surface area contributed by atoms with E-state index in [1.165, 1.54) is 0 Å². The van der Waals surface area contributed by atoms with Gasteiger partial charge in [-0.05, 0) is 38.8 Å². The van der Waals surface area contributed by atoms with E-state index in [-0.39, 0.29) is 12.6 Å². The summed E-state index contributed by atoms with van der Waals surface area (Å²) in [5, 5.41) is 13.9. The number of rotatable bonds is 7. The van der Waals surface area contributed by atoms with Crippen LogP contribution in [0.1, 0.15) is 25.7 Å². The minimum atomic E-state index is -1.30. The third-order valence-electron chi connectivity index (χ3n) is 4.13. The quantitative estimate of drug-likeness (QED) is 0.525. The largest absolute Gasteiger partial charge is 0.395 e. The summed E-state index contributed by atoms with van der Waals surface area (Å²) < 4.78 is 39.2. The number of hydrogen-bond donors (Lipinski definition) is 3. The summed E-state index contributed by atoms with van der Waals surface area (Å²) in [4.78, 5) is 13.9. The van der Waals surface area contributed by atoms with Gasteiger partial charge in [0.25, 0.3) is 0 Å². The van der Waals surface area contributed by atoms with E-state index in [0.29, 0.717) is 18.7 Å². The smallest absolute Gasteiger partial charge is 0.319 e. The van der Waals surface area contributed by atoms with Crippen LogP contribution in [0.2, 0.25) is 0 Å². The van der Waals surface area contributed by atoms with Gasteiger partial charge in [0, 0.05) is 24.7 Å². The van der Waals surface area contributed by atoms with E-state index in [9.17, 15) is 23.1 Å². The summed E-state index contributed by atoms with van der Waals surface area (Å²) >= 11 is 0. The standard InChI is InChI=1S/C16H22F3N3O2/c17-12-8-14(19)15(9-13(12)18)21-16(24)20-5-1-2-6-22-7-3-4-11(22)10-23/h8-9,11,23H,1-7,10H2,(H2,20,21,24). The van der Waals surface area contributed by atoms with E-state index in [1.807, 2.05) is 0 Å². The molecule has 0 spiro atoms. The average Bonchev–Trinajstić information content (AvgIpc) is 2.99. The molecule has 1 heterocycles. The number of aliphatic hydroxyl groups excluding tert-OH is 1. The van der Waals surface area contributed by atoms with Crippen LogP contribution in [0.5, 0.6) is 0 Å². The first-order valence-corrected chi connectivity index (χ1v) is 8.05. The maximum Gasteiger partial charge on any atom is 0.319 e. The topological polar surface area (TPSA) is 64.6 Å². The van der Waals surface area contributed by atoms with Crippen LogP contribution in [0.3, 0.4) is 0 Å². The Kier molecular flexibility index (Phi) is 6.86. The van der Waals surface area contributed by atoms with Crippen molar-refractivity contribution in [1.29, 1.82) is 0 Å². The highest BCUT2D eigenvalue weighted by atomic mass is 19.2. The summed E-state index contributed by atoms with van der Waals surface area (Å²) in [6.07, 6.45) is 3.68. The number of halogens is 3. The molecular weight excluding hydrogens is 323 g/mol. The number of amides is 2. The summed E-state index contributed by atoms with van der Waals surface area (Å²) in [7, 11) is 0. The van der Waals surface area contributed by atoms with Crippen LogP contribution in [0.25, 0.3) is 0 Å². The molecule has 1 unspecified atom stereocenters. The number of anilines is 1. The maximum atomic E-state index is 13.4. The molecule has 1 saturated heterocycles. The number of urea groups is 1. The lowest BCUT2D eigenvalue weighted by Crippen LogP contribution is -2.34. The normalized spacial score (nSPS) is 17.9. The molecule has 0 radical (unpaired) electrons. The summed E-state index contributed by atoms with van der Waals surface area (Å²) in [5.74, 6) is -3.56. The number of hydrogen-bond acceptors (Lipinski definition) is 3. The van der Waals surface area contributed by atoms with Gasteiger partial charge in [0.2, 0.25) is 0 Å². The van der Waals surface area contributed by atoms with Crippen molar-refractivity contribution in [2.24, 2.45) is 0 Å². The first-order valence-electron chi connectivity index (χ1n) is 8.05. The third-order valence-corrected chi connectivity index (χ3v) is 4.13. The van der Waals surface area contributed by atoms with Crippen molar-refractivity contribution in [1.82, 2.24) is 10.2 Å². The number of benzene rings is 1. The van der Waals surface area contributed by atoms with Crippen LogP contribution >= 0.6 is 0 Å². The van der Waals surface area contributed by atoms with E-state index in [0.717, 1.165) is 38.8 Å². The Balaban J connectivity index is 1.66. The Morgan fingerprint density at radius 3 is 2.71 bits per heavy atom. The van der Waals surface area contributed by atoms with Crippen molar-refractivity contribution >= 4 is 11.7 Å².